The second-order valence-electron chi connectivity index (χ2n) is 10.3. The molecule has 1 saturated carbocycles. The summed E-state index contributed by atoms with van der Waals surface area (Å²) in [7, 11) is 0. The number of alkyl halides is 2. The van der Waals surface area contributed by atoms with E-state index in [1.165, 1.54) is 5.56 Å². The van der Waals surface area contributed by atoms with Crippen molar-refractivity contribution in [2.24, 2.45) is 11.3 Å². The molecule has 2 aliphatic carbocycles. The van der Waals surface area contributed by atoms with E-state index in [2.05, 4.69) is 33.2 Å². The summed E-state index contributed by atoms with van der Waals surface area (Å²) in [6, 6.07) is 13.0. The number of nitrogens with one attached hydrogen (secondary N) is 1. The standard InChI is InChI=1S/C27H30F2N2O3/c28-25(29)33-21-5-3-17(4-6-21)20-2-1-18-7-10-27(11-12-27)24(22(18)15-20)30-26(32)34-23-16-31-13-8-19(23)9-14-31/h1-6,15,19,23-25H,7-14,16H2,(H,30,32)/t23-,24?/m1/s1. The molecule has 180 valence electrons. The third kappa shape index (κ3) is 4.15. The number of nitrogens with zero attached hydrogens (tertiary/aromatic N) is 1. The normalized spacial score (nSPS) is 28.4. The molecule has 7 heteroatoms. The van der Waals surface area contributed by atoms with E-state index >= 15 is 0 Å². The zero-order valence-corrected chi connectivity index (χ0v) is 19.1. The highest BCUT2D eigenvalue weighted by molar-refractivity contribution is 5.70. The maximum Gasteiger partial charge on any atom is 0.407 e. The average molecular weight is 469 g/mol. The zero-order chi connectivity index (χ0) is 23.3. The molecular formula is C27H30F2N2O3. The maximum atomic E-state index is 13.0. The first-order chi connectivity index (χ1) is 16.5. The highest BCUT2D eigenvalue weighted by atomic mass is 19.3. The van der Waals surface area contributed by atoms with Crippen LogP contribution in [0.15, 0.2) is 42.5 Å². The van der Waals surface area contributed by atoms with Gasteiger partial charge in [-0.2, -0.15) is 8.78 Å². The third-order valence-electron chi connectivity index (χ3n) is 8.38. The van der Waals surface area contributed by atoms with E-state index in [0.29, 0.717) is 5.92 Å². The number of rotatable bonds is 5. The second-order valence-corrected chi connectivity index (χ2v) is 10.3. The molecule has 3 aliphatic heterocycles. The summed E-state index contributed by atoms with van der Waals surface area (Å²) in [5.74, 6) is 0.622. The maximum absolute atomic E-state index is 13.0. The molecule has 1 spiro atoms. The molecule has 2 bridgehead atoms. The minimum absolute atomic E-state index is 0.0129. The van der Waals surface area contributed by atoms with E-state index in [0.717, 1.165) is 74.8 Å². The number of hydrogen-bond acceptors (Lipinski definition) is 4. The summed E-state index contributed by atoms with van der Waals surface area (Å²) in [5.41, 5.74) is 4.45. The molecule has 34 heavy (non-hydrogen) atoms. The van der Waals surface area contributed by atoms with Crippen LogP contribution in [0.25, 0.3) is 11.1 Å². The predicted octanol–water partition coefficient (Wildman–Crippen LogP) is 5.54. The Morgan fingerprint density at radius 3 is 2.41 bits per heavy atom. The van der Waals surface area contributed by atoms with E-state index < -0.39 is 6.61 Å². The molecule has 0 radical (unpaired) electrons. The molecule has 1 N–H and O–H groups in total. The van der Waals surface area contributed by atoms with Crippen LogP contribution in [0.4, 0.5) is 13.6 Å². The van der Waals surface area contributed by atoms with Crippen molar-refractivity contribution in [3.63, 3.8) is 0 Å². The van der Waals surface area contributed by atoms with E-state index in [9.17, 15) is 13.6 Å². The molecule has 1 amide bonds. The lowest BCUT2D eigenvalue weighted by Gasteiger charge is -2.44. The molecule has 2 atom stereocenters. The van der Waals surface area contributed by atoms with Crippen molar-refractivity contribution in [3.05, 3.63) is 53.6 Å². The summed E-state index contributed by atoms with van der Waals surface area (Å²) < 4.78 is 35.4. The third-order valence-corrected chi connectivity index (χ3v) is 8.38. The second kappa shape index (κ2) is 8.52. The summed E-state index contributed by atoms with van der Waals surface area (Å²) in [6.45, 7) is 0.240. The SMILES string of the molecule is O=C(NC1c2cc(-c3ccc(OC(F)F)cc3)ccc2CCC12CC2)O[C@@H]1CN2CCC1CC2. The summed E-state index contributed by atoms with van der Waals surface area (Å²) in [4.78, 5) is 15.4. The monoisotopic (exact) mass is 468 g/mol. The van der Waals surface area contributed by atoms with Crippen molar-refractivity contribution >= 4 is 6.09 Å². The Morgan fingerprint density at radius 2 is 1.76 bits per heavy atom. The fraction of sp³-hybridized carbons (Fsp3) is 0.519. The zero-order valence-electron chi connectivity index (χ0n) is 19.1. The van der Waals surface area contributed by atoms with Gasteiger partial charge < -0.3 is 14.8 Å². The molecule has 3 saturated heterocycles. The van der Waals surface area contributed by atoms with Crippen LogP contribution >= 0.6 is 0 Å². The molecule has 0 aromatic heterocycles. The van der Waals surface area contributed by atoms with Gasteiger partial charge in [-0.15, -0.1) is 0 Å². The average Bonchev–Trinajstić information content (AvgIpc) is 3.62. The number of hydrogen-bond donors (Lipinski definition) is 1. The van der Waals surface area contributed by atoms with E-state index in [4.69, 9.17) is 4.74 Å². The molecule has 5 aliphatic rings. The van der Waals surface area contributed by atoms with Crippen LogP contribution in [0.5, 0.6) is 5.75 Å². The van der Waals surface area contributed by atoms with Gasteiger partial charge in [-0.05, 0) is 103 Å². The number of amides is 1. The van der Waals surface area contributed by atoms with Gasteiger partial charge in [-0.1, -0.05) is 24.3 Å². The molecule has 1 unspecified atom stereocenters. The highest BCUT2D eigenvalue weighted by Gasteiger charge is 2.53. The fourth-order valence-corrected chi connectivity index (χ4v) is 6.22. The minimum Gasteiger partial charge on any atom is -0.445 e. The number of alkyl carbamates (subject to hydrolysis) is 1. The molecule has 2 aromatic rings. The lowest BCUT2D eigenvalue weighted by atomic mass is 9.76. The Kier molecular flexibility index (Phi) is 5.47. The Balaban J connectivity index is 1.22. The summed E-state index contributed by atoms with van der Waals surface area (Å²) >= 11 is 0. The van der Waals surface area contributed by atoms with E-state index in [-0.39, 0.29) is 29.4 Å². The van der Waals surface area contributed by atoms with Gasteiger partial charge in [0.2, 0.25) is 0 Å². The number of aryl methyl sites for hydroxylation is 1. The first-order valence-electron chi connectivity index (χ1n) is 12.4. The van der Waals surface area contributed by atoms with Crippen molar-refractivity contribution < 1.29 is 23.0 Å². The van der Waals surface area contributed by atoms with Gasteiger partial charge in [0, 0.05) is 6.54 Å². The number of fused-ring (bicyclic) bond motifs is 4. The topological polar surface area (TPSA) is 50.8 Å². The van der Waals surface area contributed by atoms with Crippen molar-refractivity contribution in [2.45, 2.75) is 57.3 Å². The van der Waals surface area contributed by atoms with Gasteiger partial charge in [0.15, 0.2) is 0 Å². The van der Waals surface area contributed by atoms with Crippen molar-refractivity contribution in [1.82, 2.24) is 10.2 Å². The predicted molar refractivity (Wildman–Crippen MR) is 124 cm³/mol. The van der Waals surface area contributed by atoms with Gasteiger partial charge in [0.1, 0.15) is 11.9 Å². The van der Waals surface area contributed by atoms with Gasteiger partial charge in [-0.3, -0.25) is 4.90 Å². The number of ether oxygens (including phenoxy) is 2. The quantitative estimate of drug-likeness (QED) is 0.626. The van der Waals surface area contributed by atoms with Crippen molar-refractivity contribution in [2.75, 3.05) is 19.6 Å². The molecule has 5 nitrogen and oxygen atoms in total. The molecule has 7 rings (SSSR count). The van der Waals surface area contributed by atoms with E-state index in [1.54, 1.807) is 24.3 Å². The minimum atomic E-state index is -2.84. The van der Waals surface area contributed by atoms with Gasteiger partial charge in [-0.25, -0.2) is 4.79 Å². The van der Waals surface area contributed by atoms with Crippen LogP contribution in [0.2, 0.25) is 0 Å². The Hall–Kier alpha value is -2.67. The Labute approximate surface area is 198 Å². The Bertz CT molecular complexity index is 1060. The Morgan fingerprint density at radius 1 is 1.03 bits per heavy atom. The molecule has 4 fully saturated rings. The van der Waals surface area contributed by atoms with Crippen LogP contribution in [0, 0.1) is 11.3 Å². The summed E-state index contributed by atoms with van der Waals surface area (Å²) in [5, 5.41) is 3.26. The van der Waals surface area contributed by atoms with Crippen LogP contribution in [-0.4, -0.2) is 43.3 Å². The van der Waals surface area contributed by atoms with Crippen molar-refractivity contribution in [3.8, 4) is 16.9 Å². The number of carbonyl (C=O) groups excluding carboxylic acids is 1. The molecule has 3 heterocycles. The van der Waals surface area contributed by atoms with Gasteiger partial charge >= 0.3 is 12.7 Å². The first kappa shape index (κ1) is 21.8. The van der Waals surface area contributed by atoms with Gasteiger partial charge in [0.25, 0.3) is 0 Å². The molecular weight excluding hydrogens is 438 g/mol. The van der Waals surface area contributed by atoms with Crippen LogP contribution in [0.3, 0.4) is 0 Å². The van der Waals surface area contributed by atoms with Crippen LogP contribution in [0.1, 0.15) is 49.3 Å². The van der Waals surface area contributed by atoms with Crippen LogP contribution in [-0.2, 0) is 11.2 Å². The summed E-state index contributed by atoms with van der Waals surface area (Å²) in [6.07, 6.45) is 6.20. The number of benzene rings is 2. The lowest BCUT2D eigenvalue weighted by Crippen LogP contribution is -2.53. The van der Waals surface area contributed by atoms with Crippen molar-refractivity contribution in [1.29, 1.82) is 0 Å². The number of halogens is 2. The van der Waals surface area contributed by atoms with Gasteiger partial charge in [0.05, 0.1) is 6.04 Å². The van der Waals surface area contributed by atoms with Crippen LogP contribution < -0.4 is 10.1 Å². The lowest BCUT2D eigenvalue weighted by molar-refractivity contribution is -0.0498. The number of carbonyl (C=O) groups is 1. The first-order valence-corrected chi connectivity index (χ1v) is 12.4. The fourth-order valence-electron chi connectivity index (χ4n) is 6.22. The number of piperidine rings is 3. The smallest absolute Gasteiger partial charge is 0.407 e. The van der Waals surface area contributed by atoms with E-state index in [1.807, 2.05) is 0 Å². The molecule has 2 aromatic carbocycles. The highest BCUT2D eigenvalue weighted by Crippen LogP contribution is 2.61. The largest absolute Gasteiger partial charge is 0.445 e.